The van der Waals surface area contributed by atoms with Crippen LogP contribution in [0.1, 0.15) is 11.1 Å². The van der Waals surface area contributed by atoms with Crippen LogP contribution in [0.4, 0.5) is 4.79 Å². The number of fused-ring (bicyclic) bond motifs is 1. The molecular weight excluding hydrogens is 264 g/mol. The summed E-state index contributed by atoms with van der Waals surface area (Å²) in [6, 6.07) is 18.7. The minimum absolute atomic E-state index is 0.202. The fourth-order valence-corrected chi connectivity index (χ4v) is 2.23. The van der Waals surface area contributed by atoms with Gasteiger partial charge in [-0.05, 0) is 17.7 Å². The molecule has 0 N–H and O–H groups in total. The highest BCUT2D eigenvalue weighted by Gasteiger charge is 2.13. The van der Waals surface area contributed by atoms with E-state index in [0.29, 0.717) is 11.1 Å². The number of aromatic nitrogens is 1. The highest BCUT2D eigenvalue weighted by molar-refractivity contribution is 5.93. The highest BCUT2D eigenvalue weighted by atomic mass is 16.5. The summed E-state index contributed by atoms with van der Waals surface area (Å²) < 4.78 is 6.67. The van der Waals surface area contributed by atoms with Crippen molar-refractivity contribution in [2.45, 2.75) is 6.61 Å². The molecule has 0 saturated carbocycles. The topological polar surface area (TPSA) is 55.0 Å². The van der Waals surface area contributed by atoms with Crippen LogP contribution in [0.15, 0.2) is 60.8 Å². The lowest BCUT2D eigenvalue weighted by Crippen LogP contribution is -2.13. The minimum Gasteiger partial charge on any atom is -0.444 e. The number of nitriles is 1. The van der Waals surface area contributed by atoms with Crippen LogP contribution in [0.3, 0.4) is 0 Å². The molecule has 0 unspecified atom stereocenters. The Hall–Kier alpha value is -3.06. The molecule has 21 heavy (non-hydrogen) atoms. The Balaban J connectivity index is 1.87. The van der Waals surface area contributed by atoms with Crippen LogP contribution in [0, 0.1) is 11.3 Å². The van der Waals surface area contributed by atoms with Crippen molar-refractivity contribution in [1.29, 1.82) is 5.26 Å². The Morgan fingerprint density at radius 3 is 2.67 bits per heavy atom. The predicted molar refractivity (Wildman–Crippen MR) is 78.7 cm³/mol. The lowest BCUT2D eigenvalue weighted by Gasteiger charge is -2.07. The second-order valence-electron chi connectivity index (χ2n) is 4.58. The Morgan fingerprint density at radius 1 is 1.10 bits per heavy atom. The molecule has 0 aliphatic carbocycles. The first kappa shape index (κ1) is 12.9. The van der Waals surface area contributed by atoms with E-state index in [1.54, 1.807) is 24.4 Å². The van der Waals surface area contributed by atoms with Crippen LogP contribution in [0.2, 0.25) is 0 Å². The Bertz CT molecular complexity index is 829. The molecule has 0 radical (unpaired) electrons. The van der Waals surface area contributed by atoms with Gasteiger partial charge >= 0.3 is 6.09 Å². The molecule has 1 heterocycles. The Morgan fingerprint density at radius 2 is 1.90 bits per heavy atom. The standard InChI is InChI=1S/C17H12N2O2/c18-11-15-8-4-7-14-9-10-19(16(14)15)17(20)21-12-13-5-2-1-3-6-13/h1-10H,12H2. The van der Waals surface area contributed by atoms with Crippen LogP contribution in [-0.4, -0.2) is 10.7 Å². The van der Waals surface area contributed by atoms with E-state index < -0.39 is 6.09 Å². The molecular formula is C17H12N2O2. The summed E-state index contributed by atoms with van der Waals surface area (Å²) in [6.07, 6.45) is 1.13. The maximum Gasteiger partial charge on any atom is 0.418 e. The zero-order valence-corrected chi connectivity index (χ0v) is 11.2. The van der Waals surface area contributed by atoms with Gasteiger partial charge in [-0.1, -0.05) is 42.5 Å². The van der Waals surface area contributed by atoms with E-state index >= 15 is 0 Å². The van der Waals surface area contributed by atoms with Crippen molar-refractivity contribution >= 4 is 17.0 Å². The summed E-state index contributed by atoms with van der Waals surface area (Å²) in [6.45, 7) is 0.202. The summed E-state index contributed by atoms with van der Waals surface area (Å²) in [5.41, 5.74) is 1.95. The maximum atomic E-state index is 12.2. The van der Waals surface area contributed by atoms with Gasteiger partial charge in [0.1, 0.15) is 12.7 Å². The third-order valence-corrected chi connectivity index (χ3v) is 3.23. The van der Waals surface area contributed by atoms with E-state index in [2.05, 4.69) is 6.07 Å². The largest absolute Gasteiger partial charge is 0.444 e. The molecule has 0 aliphatic rings. The number of carbonyl (C=O) groups excluding carboxylic acids is 1. The van der Waals surface area contributed by atoms with Gasteiger partial charge in [-0.25, -0.2) is 4.79 Å². The Kier molecular flexibility index (Phi) is 3.40. The fraction of sp³-hybridized carbons (Fsp3) is 0.0588. The van der Waals surface area contributed by atoms with Crippen LogP contribution in [0.25, 0.3) is 10.9 Å². The van der Waals surface area contributed by atoms with Gasteiger partial charge in [0.15, 0.2) is 0 Å². The van der Waals surface area contributed by atoms with Gasteiger partial charge in [0, 0.05) is 11.6 Å². The van der Waals surface area contributed by atoms with Crippen molar-refractivity contribution in [1.82, 2.24) is 4.57 Å². The van der Waals surface area contributed by atoms with Gasteiger partial charge in [0.05, 0.1) is 11.1 Å². The second-order valence-corrected chi connectivity index (χ2v) is 4.58. The smallest absolute Gasteiger partial charge is 0.418 e. The fourth-order valence-electron chi connectivity index (χ4n) is 2.23. The molecule has 0 amide bonds. The minimum atomic E-state index is -0.489. The third-order valence-electron chi connectivity index (χ3n) is 3.23. The van der Waals surface area contributed by atoms with E-state index in [1.807, 2.05) is 36.4 Å². The summed E-state index contributed by atoms with van der Waals surface area (Å²) >= 11 is 0. The zero-order valence-electron chi connectivity index (χ0n) is 11.2. The van der Waals surface area contributed by atoms with Crippen molar-refractivity contribution in [2.75, 3.05) is 0 Å². The molecule has 102 valence electrons. The molecule has 0 saturated heterocycles. The molecule has 0 fully saturated rings. The number of ether oxygens (including phenoxy) is 1. The molecule has 0 bridgehead atoms. The summed E-state index contributed by atoms with van der Waals surface area (Å²) in [4.78, 5) is 12.2. The van der Waals surface area contributed by atoms with Crippen LogP contribution < -0.4 is 0 Å². The summed E-state index contributed by atoms with van der Waals surface area (Å²) in [5.74, 6) is 0. The predicted octanol–water partition coefficient (Wildman–Crippen LogP) is 3.70. The first-order chi connectivity index (χ1) is 10.3. The number of nitrogens with zero attached hydrogens (tertiary/aromatic N) is 2. The molecule has 4 nitrogen and oxygen atoms in total. The molecule has 0 aliphatic heterocycles. The molecule has 4 heteroatoms. The lowest BCUT2D eigenvalue weighted by atomic mass is 10.1. The average Bonchev–Trinajstić information content (AvgIpc) is 2.97. The summed E-state index contributed by atoms with van der Waals surface area (Å²) in [5, 5.41) is 9.99. The number of hydrogen-bond acceptors (Lipinski definition) is 3. The van der Waals surface area contributed by atoms with Crippen LogP contribution in [-0.2, 0) is 11.3 Å². The monoisotopic (exact) mass is 276 g/mol. The highest BCUT2D eigenvalue weighted by Crippen LogP contribution is 2.20. The number of rotatable bonds is 2. The van der Waals surface area contributed by atoms with E-state index in [1.165, 1.54) is 4.57 Å². The van der Waals surface area contributed by atoms with E-state index in [-0.39, 0.29) is 6.61 Å². The van der Waals surface area contributed by atoms with Gasteiger partial charge in [0.25, 0.3) is 0 Å². The quantitative estimate of drug-likeness (QED) is 0.717. The van der Waals surface area contributed by atoms with Crippen molar-refractivity contribution < 1.29 is 9.53 Å². The van der Waals surface area contributed by atoms with Crippen molar-refractivity contribution in [3.63, 3.8) is 0 Å². The van der Waals surface area contributed by atoms with Gasteiger partial charge in [0.2, 0.25) is 0 Å². The molecule has 0 atom stereocenters. The van der Waals surface area contributed by atoms with Crippen LogP contribution >= 0.6 is 0 Å². The van der Waals surface area contributed by atoms with Gasteiger partial charge in [-0.3, -0.25) is 4.57 Å². The number of carbonyl (C=O) groups is 1. The second kappa shape index (κ2) is 5.51. The van der Waals surface area contributed by atoms with E-state index in [4.69, 9.17) is 10.00 Å². The number of benzene rings is 2. The SMILES string of the molecule is N#Cc1cccc2ccn(C(=O)OCc3ccccc3)c12. The summed E-state index contributed by atoms with van der Waals surface area (Å²) in [7, 11) is 0. The normalized spacial score (nSPS) is 10.2. The Labute approximate surface area is 121 Å². The first-order valence-corrected chi connectivity index (χ1v) is 6.51. The van der Waals surface area contributed by atoms with Crippen LogP contribution in [0.5, 0.6) is 0 Å². The van der Waals surface area contributed by atoms with Crippen molar-refractivity contribution in [3.8, 4) is 6.07 Å². The number of para-hydroxylation sites is 1. The maximum absolute atomic E-state index is 12.2. The van der Waals surface area contributed by atoms with Gasteiger partial charge < -0.3 is 4.74 Å². The molecule has 0 spiro atoms. The lowest BCUT2D eigenvalue weighted by molar-refractivity contribution is 0.142. The molecule has 3 rings (SSSR count). The van der Waals surface area contributed by atoms with Gasteiger partial charge in [-0.15, -0.1) is 0 Å². The van der Waals surface area contributed by atoms with Crippen molar-refractivity contribution in [3.05, 3.63) is 71.9 Å². The zero-order chi connectivity index (χ0) is 14.7. The molecule has 2 aromatic carbocycles. The van der Waals surface area contributed by atoms with Gasteiger partial charge in [-0.2, -0.15) is 5.26 Å². The van der Waals surface area contributed by atoms with Crippen molar-refractivity contribution in [2.24, 2.45) is 0 Å². The average molecular weight is 276 g/mol. The first-order valence-electron chi connectivity index (χ1n) is 6.51. The molecule has 1 aromatic heterocycles. The third kappa shape index (κ3) is 2.49. The van der Waals surface area contributed by atoms with E-state index in [9.17, 15) is 4.79 Å². The van der Waals surface area contributed by atoms with E-state index in [0.717, 1.165) is 10.9 Å². The molecule has 3 aromatic rings. The number of hydrogen-bond donors (Lipinski definition) is 0.